The molecule has 0 spiro atoms. The van der Waals surface area contributed by atoms with Crippen LogP contribution in [0.5, 0.6) is 0 Å². The Kier molecular flexibility index (Phi) is 2.72. The number of hydrogen-bond donors (Lipinski definition) is 1. The van der Waals surface area contributed by atoms with E-state index in [4.69, 9.17) is 10.5 Å². The number of nitrogens with two attached hydrogens (primary N) is 1. The van der Waals surface area contributed by atoms with Crippen molar-refractivity contribution < 1.29 is 9.53 Å². The predicted molar refractivity (Wildman–Crippen MR) is 49.4 cm³/mol. The van der Waals surface area contributed by atoms with Crippen molar-refractivity contribution in [3.05, 3.63) is 24.5 Å². The van der Waals surface area contributed by atoms with Gasteiger partial charge in [0.25, 0.3) is 0 Å². The average molecular weight is 182 g/mol. The Morgan fingerprint density at radius 3 is 2.46 bits per heavy atom. The minimum Gasteiger partial charge on any atom is -0.442 e. The van der Waals surface area contributed by atoms with Crippen molar-refractivity contribution in [1.82, 2.24) is 4.57 Å². The van der Waals surface area contributed by atoms with Crippen LogP contribution in [0.25, 0.3) is 0 Å². The van der Waals surface area contributed by atoms with Gasteiger partial charge in [0.05, 0.1) is 0 Å². The van der Waals surface area contributed by atoms with E-state index < -0.39 is 11.7 Å². The minimum absolute atomic E-state index is 0.306. The number of carbonyl (C=O) groups excluding carboxylic acids is 1. The van der Waals surface area contributed by atoms with Crippen LogP contribution in [0.4, 0.5) is 4.79 Å². The quantitative estimate of drug-likeness (QED) is 0.747. The van der Waals surface area contributed by atoms with Crippen LogP contribution in [0.15, 0.2) is 24.5 Å². The Hall–Kier alpha value is -1.29. The van der Waals surface area contributed by atoms with E-state index in [9.17, 15) is 4.79 Å². The van der Waals surface area contributed by atoms with E-state index >= 15 is 0 Å². The molecule has 4 heteroatoms. The molecule has 2 N–H and O–H groups in total. The lowest BCUT2D eigenvalue weighted by Gasteiger charge is -2.22. The average Bonchev–Trinajstić information content (AvgIpc) is 2.55. The van der Waals surface area contributed by atoms with Gasteiger partial charge in [-0.05, 0) is 26.0 Å². The Balaban J connectivity index is 2.61. The highest BCUT2D eigenvalue weighted by molar-refractivity contribution is 5.70. The molecule has 4 nitrogen and oxygen atoms in total. The van der Waals surface area contributed by atoms with E-state index in [0.29, 0.717) is 6.54 Å². The Morgan fingerprint density at radius 2 is 2.00 bits per heavy atom. The van der Waals surface area contributed by atoms with Crippen LogP contribution in [-0.4, -0.2) is 22.8 Å². The fourth-order valence-electron chi connectivity index (χ4n) is 0.787. The van der Waals surface area contributed by atoms with E-state index in [1.807, 2.05) is 0 Å². The molecule has 13 heavy (non-hydrogen) atoms. The molecule has 0 saturated carbocycles. The van der Waals surface area contributed by atoms with Crippen molar-refractivity contribution in [3.8, 4) is 0 Å². The molecule has 1 aromatic heterocycles. The summed E-state index contributed by atoms with van der Waals surface area (Å²) < 4.78 is 6.50. The molecule has 0 radical (unpaired) electrons. The summed E-state index contributed by atoms with van der Waals surface area (Å²) in [6, 6.07) is 3.52. The van der Waals surface area contributed by atoms with Gasteiger partial charge in [-0.3, -0.25) is 4.57 Å². The van der Waals surface area contributed by atoms with Gasteiger partial charge in [0.2, 0.25) is 0 Å². The zero-order valence-electron chi connectivity index (χ0n) is 7.86. The lowest BCUT2D eigenvalue weighted by molar-refractivity contribution is 0.0463. The zero-order chi connectivity index (χ0) is 9.90. The van der Waals surface area contributed by atoms with Crippen molar-refractivity contribution in [1.29, 1.82) is 0 Å². The van der Waals surface area contributed by atoms with Gasteiger partial charge in [-0.2, -0.15) is 0 Å². The molecule has 72 valence electrons. The Morgan fingerprint density at radius 1 is 1.46 bits per heavy atom. The first kappa shape index (κ1) is 9.80. The molecule has 1 heterocycles. The first-order valence-electron chi connectivity index (χ1n) is 4.11. The lowest BCUT2D eigenvalue weighted by atomic mass is 10.1. The third kappa shape index (κ3) is 2.59. The first-order chi connectivity index (χ1) is 6.05. The highest BCUT2D eigenvalue weighted by Crippen LogP contribution is 2.08. The first-order valence-corrected chi connectivity index (χ1v) is 4.11. The zero-order valence-corrected chi connectivity index (χ0v) is 7.86. The predicted octanol–water partition coefficient (Wildman–Crippen LogP) is 1.21. The summed E-state index contributed by atoms with van der Waals surface area (Å²) in [6.07, 6.45) is 2.87. The van der Waals surface area contributed by atoms with E-state index in [2.05, 4.69) is 0 Å². The third-order valence-corrected chi connectivity index (χ3v) is 1.67. The standard InChI is InChI=1S/C9H14N2O2/c1-9(2,7-10)13-8(12)11-5-3-4-6-11/h3-6H,7,10H2,1-2H3. The van der Waals surface area contributed by atoms with Crippen LogP contribution in [0, 0.1) is 0 Å². The van der Waals surface area contributed by atoms with Crippen molar-refractivity contribution >= 4 is 6.09 Å². The second-order valence-electron chi connectivity index (χ2n) is 3.42. The van der Waals surface area contributed by atoms with Crippen molar-refractivity contribution in [2.45, 2.75) is 19.4 Å². The molecule has 0 fully saturated rings. The number of ether oxygens (including phenoxy) is 1. The van der Waals surface area contributed by atoms with Crippen molar-refractivity contribution in [2.24, 2.45) is 5.73 Å². The second-order valence-corrected chi connectivity index (χ2v) is 3.42. The maximum Gasteiger partial charge on any atom is 0.418 e. The van der Waals surface area contributed by atoms with Crippen LogP contribution < -0.4 is 5.73 Å². The molecule has 0 bridgehead atoms. The summed E-state index contributed by atoms with van der Waals surface area (Å²) in [5.41, 5.74) is 4.81. The molecule has 0 aromatic carbocycles. The normalized spacial score (nSPS) is 11.3. The second kappa shape index (κ2) is 3.62. The number of hydrogen-bond acceptors (Lipinski definition) is 3. The van der Waals surface area contributed by atoms with Gasteiger partial charge in [-0.25, -0.2) is 4.79 Å². The maximum absolute atomic E-state index is 11.4. The van der Waals surface area contributed by atoms with Crippen LogP contribution >= 0.6 is 0 Å². The van der Waals surface area contributed by atoms with Crippen molar-refractivity contribution in [3.63, 3.8) is 0 Å². The van der Waals surface area contributed by atoms with Gasteiger partial charge in [-0.15, -0.1) is 0 Å². The van der Waals surface area contributed by atoms with E-state index in [0.717, 1.165) is 0 Å². The molecule has 0 saturated heterocycles. The number of aromatic nitrogens is 1. The maximum atomic E-state index is 11.4. The van der Waals surface area contributed by atoms with Crippen molar-refractivity contribution in [2.75, 3.05) is 6.54 Å². The van der Waals surface area contributed by atoms with Gasteiger partial charge in [0.1, 0.15) is 5.60 Å². The van der Waals surface area contributed by atoms with Crippen LogP contribution in [0.3, 0.4) is 0 Å². The fraction of sp³-hybridized carbons (Fsp3) is 0.444. The third-order valence-electron chi connectivity index (χ3n) is 1.67. The lowest BCUT2D eigenvalue weighted by Crippen LogP contribution is -2.37. The molecule has 0 unspecified atom stereocenters. The van der Waals surface area contributed by atoms with Gasteiger partial charge >= 0.3 is 6.09 Å². The van der Waals surface area contributed by atoms with Crippen LogP contribution in [0.1, 0.15) is 13.8 Å². The highest BCUT2D eigenvalue weighted by atomic mass is 16.6. The SMILES string of the molecule is CC(C)(CN)OC(=O)n1cccc1. The molecule has 0 aliphatic heterocycles. The Bertz CT molecular complexity index is 278. The Labute approximate surface area is 77.3 Å². The largest absolute Gasteiger partial charge is 0.442 e. The molecular formula is C9H14N2O2. The molecule has 1 aromatic rings. The van der Waals surface area contributed by atoms with Gasteiger partial charge in [0.15, 0.2) is 0 Å². The van der Waals surface area contributed by atoms with E-state index in [1.165, 1.54) is 4.57 Å². The highest BCUT2D eigenvalue weighted by Gasteiger charge is 2.21. The number of rotatable bonds is 2. The summed E-state index contributed by atoms with van der Waals surface area (Å²) in [5.74, 6) is 0. The molecule has 0 atom stereocenters. The summed E-state index contributed by atoms with van der Waals surface area (Å²) >= 11 is 0. The topological polar surface area (TPSA) is 57.2 Å². The van der Waals surface area contributed by atoms with Gasteiger partial charge in [0, 0.05) is 18.9 Å². The molecule has 0 aliphatic rings. The molecular weight excluding hydrogens is 168 g/mol. The van der Waals surface area contributed by atoms with Crippen LogP contribution in [0.2, 0.25) is 0 Å². The fourth-order valence-corrected chi connectivity index (χ4v) is 0.787. The smallest absolute Gasteiger partial charge is 0.418 e. The summed E-state index contributed by atoms with van der Waals surface area (Å²) in [4.78, 5) is 11.4. The monoisotopic (exact) mass is 182 g/mol. The van der Waals surface area contributed by atoms with Crippen LogP contribution in [-0.2, 0) is 4.74 Å². The molecule has 0 amide bonds. The van der Waals surface area contributed by atoms with Gasteiger partial charge < -0.3 is 10.5 Å². The summed E-state index contributed by atoms with van der Waals surface area (Å²) in [6.45, 7) is 3.85. The molecule has 1 rings (SSSR count). The number of nitrogens with zero attached hydrogens (tertiary/aromatic N) is 1. The summed E-state index contributed by atoms with van der Waals surface area (Å²) in [5, 5.41) is 0. The van der Waals surface area contributed by atoms with E-state index in [-0.39, 0.29) is 0 Å². The number of carbonyl (C=O) groups is 1. The van der Waals surface area contributed by atoms with Gasteiger partial charge in [-0.1, -0.05) is 0 Å². The minimum atomic E-state index is -0.610. The molecule has 0 aliphatic carbocycles. The van der Waals surface area contributed by atoms with E-state index in [1.54, 1.807) is 38.4 Å². The summed E-state index contributed by atoms with van der Waals surface area (Å²) in [7, 11) is 0.